The van der Waals surface area contributed by atoms with Gasteiger partial charge in [0, 0.05) is 17.4 Å². The van der Waals surface area contributed by atoms with Gasteiger partial charge in [-0.25, -0.2) is 8.42 Å². The minimum Gasteiger partial charge on any atom is -0.360 e. The van der Waals surface area contributed by atoms with Crippen LogP contribution in [0, 0.1) is 24.2 Å². The van der Waals surface area contributed by atoms with Crippen molar-refractivity contribution in [1.29, 1.82) is 0 Å². The van der Waals surface area contributed by atoms with Crippen molar-refractivity contribution < 1.29 is 18.0 Å². The molecule has 0 radical (unpaired) electrons. The van der Waals surface area contributed by atoms with Crippen LogP contribution in [0.25, 0.3) is 5.53 Å². The van der Waals surface area contributed by atoms with Crippen molar-refractivity contribution in [1.82, 2.24) is 0 Å². The van der Waals surface area contributed by atoms with Gasteiger partial charge in [-0.2, -0.15) is 0 Å². The van der Waals surface area contributed by atoms with Gasteiger partial charge >= 0.3 is 5.04 Å². The molecule has 0 saturated carbocycles. The summed E-state index contributed by atoms with van der Waals surface area (Å²) in [5, 5.41) is -0.874. The molecule has 0 bridgehead atoms. The Morgan fingerprint density at radius 1 is 1.07 bits per heavy atom. The van der Waals surface area contributed by atoms with Crippen LogP contribution in [0.3, 0.4) is 0 Å². The minimum atomic E-state index is -4.20. The molecule has 0 aliphatic heterocycles. The summed E-state index contributed by atoms with van der Waals surface area (Å²) in [6.45, 7) is 5.28. The smallest absolute Gasteiger partial charge is 0.360 e. The highest BCUT2D eigenvalue weighted by Crippen LogP contribution is 2.22. The van der Waals surface area contributed by atoms with Crippen molar-refractivity contribution in [3.8, 4) is 11.8 Å². The van der Waals surface area contributed by atoms with E-state index in [0.717, 1.165) is 11.1 Å². The third-order valence-electron chi connectivity index (χ3n) is 3.84. The van der Waals surface area contributed by atoms with Gasteiger partial charge in [0.15, 0.2) is 0 Å². The van der Waals surface area contributed by atoms with Gasteiger partial charge < -0.3 is 5.53 Å². The van der Waals surface area contributed by atoms with E-state index in [0.29, 0.717) is 0 Å². The number of Topliss-reactive ketones (excluding diaryl/α,β-unsaturated/α-hetero) is 1. The fourth-order valence-electron chi connectivity index (χ4n) is 2.37. The summed E-state index contributed by atoms with van der Waals surface area (Å²) in [4.78, 5) is 15.2. The highest BCUT2D eigenvalue weighted by molar-refractivity contribution is 8.08. The van der Waals surface area contributed by atoms with Gasteiger partial charge in [-0.1, -0.05) is 47.7 Å². The molecule has 6 heteroatoms. The van der Waals surface area contributed by atoms with Crippen molar-refractivity contribution in [3.05, 3.63) is 71.3 Å². The van der Waals surface area contributed by atoms with Crippen LogP contribution in [0.5, 0.6) is 0 Å². The van der Waals surface area contributed by atoms with Crippen LogP contribution in [0.4, 0.5) is 0 Å². The van der Waals surface area contributed by atoms with Crippen molar-refractivity contribution in [2.45, 2.75) is 32.1 Å². The summed E-state index contributed by atoms with van der Waals surface area (Å²) in [7, 11) is -4.20. The highest BCUT2D eigenvalue weighted by atomic mass is 32.2. The quantitative estimate of drug-likeness (QED) is 0.268. The minimum absolute atomic E-state index is 0.0950. The summed E-state index contributed by atoms with van der Waals surface area (Å²) in [5.74, 6) is 5.16. The Morgan fingerprint density at radius 2 is 1.67 bits per heavy atom. The Morgan fingerprint density at radius 3 is 2.22 bits per heavy atom. The number of rotatable bonds is 4. The molecule has 0 spiro atoms. The fraction of sp³-hybridized carbons (Fsp3) is 0.238. The van der Waals surface area contributed by atoms with E-state index in [1.54, 1.807) is 26.0 Å². The summed E-state index contributed by atoms with van der Waals surface area (Å²) in [5.41, 5.74) is 10.1. The van der Waals surface area contributed by atoms with Gasteiger partial charge in [0.25, 0.3) is 15.6 Å². The van der Waals surface area contributed by atoms with Crippen LogP contribution in [-0.4, -0.2) is 24.0 Å². The van der Waals surface area contributed by atoms with Crippen LogP contribution in [-0.2, 0) is 14.6 Å². The number of nitrogens with zero attached hydrogens (tertiary/aromatic N) is 2. The maximum absolute atomic E-state index is 12.6. The SMILES string of the molecule is Cc1ccc(S(=O)(=O)C(=[N+]=[N-])C(=O)CC(C)(C)C#Cc2ccccc2)cc1. The molecule has 0 N–H and O–H groups in total. The Hall–Kier alpha value is -3.00. The predicted octanol–water partition coefficient (Wildman–Crippen LogP) is 3.43. The van der Waals surface area contributed by atoms with Crippen molar-refractivity contribution in [3.63, 3.8) is 0 Å². The average Bonchev–Trinajstić information content (AvgIpc) is 2.61. The van der Waals surface area contributed by atoms with Gasteiger partial charge in [-0.3, -0.25) is 4.79 Å². The van der Waals surface area contributed by atoms with E-state index >= 15 is 0 Å². The van der Waals surface area contributed by atoms with Gasteiger partial charge in [-0.05, 0) is 45.0 Å². The second-order valence-electron chi connectivity index (χ2n) is 6.82. The first-order valence-electron chi connectivity index (χ1n) is 8.31. The fourth-order valence-corrected chi connectivity index (χ4v) is 3.57. The van der Waals surface area contributed by atoms with Gasteiger partial charge in [0.1, 0.15) is 0 Å². The first kappa shape index (κ1) is 20.3. The standard InChI is InChI=1S/C21H20N2O3S/c1-16-9-11-18(12-10-16)27(25,26)20(23-22)19(24)15-21(2,3)14-13-17-7-5-4-6-8-17/h4-12H,15H2,1-3H3. The molecule has 0 fully saturated rings. The van der Waals surface area contributed by atoms with Gasteiger partial charge in [-0.15, -0.1) is 4.79 Å². The van der Waals surface area contributed by atoms with Crippen LogP contribution in [0.1, 0.15) is 31.4 Å². The molecule has 0 aromatic heterocycles. The molecule has 0 amide bonds. The van der Waals surface area contributed by atoms with Crippen LogP contribution in [0.2, 0.25) is 0 Å². The number of benzene rings is 2. The number of carbonyl (C=O) groups excluding carboxylic acids is 1. The largest absolute Gasteiger partial charge is 0.452 e. The number of carbonyl (C=O) groups is 1. The Bertz CT molecular complexity index is 1050. The lowest BCUT2D eigenvalue weighted by molar-refractivity contribution is -0.117. The molecule has 0 aliphatic carbocycles. The Balaban J connectivity index is 2.26. The summed E-state index contributed by atoms with van der Waals surface area (Å²) in [6, 6.07) is 15.2. The second-order valence-corrected chi connectivity index (χ2v) is 8.69. The summed E-state index contributed by atoms with van der Waals surface area (Å²) < 4.78 is 25.3. The topological polar surface area (TPSA) is 87.6 Å². The van der Waals surface area contributed by atoms with Crippen molar-refractivity contribution >= 4 is 20.7 Å². The molecular formula is C21H20N2O3S. The maximum Gasteiger partial charge on any atom is 0.452 e. The molecule has 0 saturated heterocycles. The van der Waals surface area contributed by atoms with Crippen LogP contribution in [0.15, 0.2) is 59.5 Å². The molecule has 0 aliphatic rings. The first-order chi connectivity index (χ1) is 12.7. The van der Waals surface area contributed by atoms with E-state index in [9.17, 15) is 18.7 Å². The number of sulfone groups is 1. The number of ketones is 1. The van der Waals surface area contributed by atoms with E-state index < -0.39 is 26.1 Å². The lowest BCUT2D eigenvalue weighted by Gasteiger charge is -2.14. The zero-order valence-corrected chi connectivity index (χ0v) is 16.2. The molecule has 0 atom stereocenters. The molecule has 2 rings (SSSR count). The van der Waals surface area contributed by atoms with E-state index in [1.165, 1.54) is 12.1 Å². The molecule has 138 valence electrons. The summed E-state index contributed by atoms with van der Waals surface area (Å²) >= 11 is 0. The third-order valence-corrected chi connectivity index (χ3v) is 5.55. The molecule has 0 unspecified atom stereocenters. The summed E-state index contributed by atoms with van der Waals surface area (Å²) in [6.07, 6.45) is -0.197. The first-order valence-corrected chi connectivity index (χ1v) is 9.79. The van der Waals surface area contributed by atoms with E-state index in [-0.39, 0.29) is 11.3 Å². The molecule has 2 aromatic carbocycles. The third kappa shape index (κ3) is 5.24. The zero-order chi connectivity index (χ0) is 20.1. The van der Waals surface area contributed by atoms with Crippen molar-refractivity contribution in [2.75, 3.05) is 0 Å². The van der Waals surface area contributed by atoms with E-state index in [1.807, 2.05) is 37.3 Å². The number of hydrogen-bond acceptors (Lipinski definition) is 3. The zero-order valence-electron chi connectivity index (χ0n) is 15.4. The maximum atomic E-state index is 12.6. The monoisotopic (exact) mass is 380 g/mol. The van der Waals surface area contributed by atoms with Gasteiger partial charge in [0.2, 0.25) is 0 Å². The molecule has 2 aromatic rings. The molecule has 5 nitrogen and oxygen atoms in total. The van der Waals surface area contributed by atoms with Gasteiger partial charge in [0.05, 0.1) is 4.90 Å². The van der Waals surface area contributed by atoms with Crippen LogP contribution >= 0.6 is 0 Å². The molecule has 0 heterocycles. The lowest BCUT2D eigenvalue weighted by Crippen LogP contribution is -2.29. The van der Waals surface area contributed by atoms with Crippen LogP contribution < -0.4 is 0 Å². The van der Waals surface area contributed by atoms with E-state index in [2.05, 4.69) is 16.6 Å². The Labute approximate surface area is 159 Å². The number of aryl methyl sites for hydroxylation is 1. The average molecular weight is 380 g/mol. The molecular weight excluding hydrogens is 360 g/mol. The normalized spacial score (nSPS) is 11.1. The van der Waals surface area contributed by atoms with E-state index in [4.69, 9.17) is 0 Å². The Kier molecular flexibility index (Phi) is 6.12. The predicted molar refractivity (Wildman–Crippen MR) is 104 cm³/mol. The second kappa shape index (κ2) is 8.13. The number of hydrogen-bond donors (Lipinski definition) is 0. The highest BCUT2D eigenvalue weighted by Gasteiger charge is 2.39. The van der Waals surface area contributed by atoms with Crippen molar-refractivity contribution in [2.24, 2.45) is 5.41 Å². The lowest BCUT2D eigenvalue weighted by atomic mass is 9.88. The molecule has 27 heavy (non-hydrogen) atoms.